The van der Waals surface area contributed by atoms with Crippen LogP contribution in [0.15, 0.2) is 54.6 Å². The van der Waals surface area contributed by atoms with Crippen molar-refractivity contribution in [1.29, 1.82) is 0 Å². The Balaban J connectivity index is 1.87. The number of hydrogen-bond donors (Lipinski definition) is 1. The number of ether oxygens (including phenoxy) is 1. The van der Waals surface area contributed by atoms with Gasteiger partial charge >= 0.3 is 0 Å². The summed E-state index contributed by atoms with van der Waals surface area (Å²) < 4.78 is 4.97. The molecule has 1 N–H and O–H groups in total. The van der Waals surface area contributed by atoms with E-state index in [0.717, 1.165) is 10.9 Å². The molecule has 0 aliphatic heterocycles. The summed E-state index contributed by atoms with van der Waals surface area (Å²) >= 11 is 0. The number of rotatable bonds is 4. The van der Waals surface area contributed by atoms with Gasteiger partial charge in [-0.1, -0.05) is 42.5 Å². The number of nitrogens with zero attached hydrogens (tertiary/aromatic N) is 2. The summed E-state index contributed by atoms with van der Waals surface area (Å²) in [5.41, 5.74) is 1.64. The second-order valence-electron chi connectivity index (χ2n) is 4.86. The van der Waals surface area contributed by atoms with Gasteiger partial charge in [-0.3, -0.25) is 0 Å². The van der Waals surface area contributed by atoms with Gasteiger partial charge in [-0.05, 0) is 22.4 Å². The highest BCUT2D eigenvalue weighted by Gasteiger charge is 2.12. The minimum Gasteiger partial charge on any atom is -0.480 e. The van der Waals surface area contributed by atoms with Gasteiger partial charge in [-0.25, -0.2) is 0 Å². The fraction of sp³-hybridized carbons (Fsp3) is 0.176. The minimum atomic E-state index is -0.686. The summed E-state index contributed by atoms with van der Waals surface area (Å²) in [6, 6.07) is 17.7. The molecule has 0 spiro atoms. The van der Waals surface area contributed by atoms with E-state index in [-0.39, 0.29) is 0 Å². The van der Waals surface area contributed by atoms with Gasteiger partial charge in [-0.2, -0.15) is 0 Å². The van der Waals surface area contributed by atoms with Gasteiger partial charge in [0.15, 0.2) is 0 Å². The van der Waals surface area contributed by atoms with E-state index in [2.05, 4.69) is 28.4 Å². The lowest BCUT2D eigenvalue weighted by Gasteiger charge is -2.12. The summed E-state index contributed by atoms with van der Waals surface area (Å²) in [5.74, 6) is 0.441. The van der Waals surface area contributed by atoms with Gasteiger partial charge < -0.3 is 9.84 Å². The molecule has 1 aromatic heterocycles. The summed E-state index contributed by atoms with van der Waals surface area (Å²) in [4.78, 5) is 0. The Hall–Kier alpha value is -2.46. The number of benzene rings is 2. The summed E-state index contributed by atoms with van der Waals surface area (Å²) in [7, 11) is 1.54. The molecule has 4 nitrogen and oxygen atoms in total. The summed E-state index contributed by atoms with van der Waals surface area (Å²) in [5, 5.41) is 20.6. The van der Waals surface area contributed by atoms with Crippen LogP contribution >= 0.6 is 0 Å². The largest absolute Gasteiger partial charge is 0.480 e. The lowest BCUT2D eigenvalue weighted by Crippen LogP contribution is -2.06. The minimum absolute atomic E-state index is 0.441. The Labute approximate surface area is 123 Å². The molecule has 3 rings (SSSR count). The highest BCUT2D eigenvalue weighted by molar-refractivity contribution is 5.85. The molecule has 0 saturated heterocycles. The number of fused-ring (bicyclic) bond motifs is 1. The zero-order valence-corrected chi connectivity index (χ0v) is 11.7. The van der Waals surface area contributed by atoms with E-state index in [1.807, 2.05) is 24.3 Å². The summed E-state index contributed by atoms with van der Waals surface area (Å²) in [6.07, 6.45) is -0.184. The molecule has 1 atom stereocenters. The molecule has 2 aromatic carbocycles. The van der Waals surface area contributed by atoms with Crippen LogP contribution in [-0.2, 0) is 6.42 Å². The van der Waals surface area contributed by atoms with Crippen molar-refractivity contribution < 1.29 is 9.84 Å². The van der Waals surface area contributed by atoms with Crippen molar-refractivity contribution in [2.45, 2.75) is 12.5 Å². The molecule has 0 radical (unpaired) electrons. The molecule has 1 unspecified atom stereocenters. The first-order valence-corrected chi connectivity index (χ1v) is 6.80. The zero-order chi connectivity index (χ0) is 14.7. The monoisotopic (exact) mass is 280 g/mol. The van der Waals surface area contributed by atoms with Crippen molar-refractivity contribution in [3.63, 3.8) is 0 Å². The van der Waals surface area contributed by atoms with Crippen molar-refractivity contribution in [1.82, 2.24) is 10.2 Å². The SMILES string of the molecule is COc1ccc(C(O)Cc2cccc3ccccc23)nn1. The first-order chi connectivity index (χ1) is 10.3. The maximum Gasteiger partial charge on any atom is 0.233 e. The van der Waals surface area contributed by atoms with Crippen LogP contribution in [0.3, 0.4) is 0 Å². The Morgan fingerprint density at radius 2 is 1.81 bits per heavy atom. The highest BCUT2D eigenvalue weighted by atomic mass is 16.5. The van der Waals surface area contributed by atoms with Crippen LogP contribution in [0.5, 0.6) is 5.88 Å². The molecular weight excluding hydrogens is 264 g/mol. The van der Waals surface area contributed by atoms with E-state index in [4.69, 9.17) is 4.74 Å². The summed E-state index contributed by atoms with van der Waals surface area (Å²) in [6.45, 7) is 0. The average Bonchev–Trinajstić information content (AvgIpc) is 2.55. The third kappa shape index (κ3) is 2.85. The quantitative estimate of drug-likeness (QED) is 0.798. The first-order valence-electron chi connectivity index (χ1n) is 6.80. The van der Waals surface area contributed by atoms with Crippen molar-refractivity contribution >= 4 is 10.8 Å². The molecule has 21 heavy (non-hydrogen) atoms. The van der Waals surface area contributed by atoms with Crippen molar-refractivity contribution in [2.24, 2.45) is 0 Å². The van der Waals surface area contributed by atoms with E-state index in [0.29, 0.717) is 18.0 Å². The van der Waals surface area contributed by atoms with E-state index in [9.17, 15) is 5.11 Å². The molecule has 0 fully saturated rings. The van der Waals surface area contributed by atoms with Crippen molar-refractivity contribution in [3.8, 4) is 5.88 Å². The van der Waals surface area contributed by atoms with E-state index >= 15 is 0 Å². The number of aromatic nitrogens is 2. The molecule has 4 heteroatoms. The zero-order valence-electron chi connectivity index (χ0n) is 11.7. The second-order valence-corrected chi connectivity index (χ2v) is 4.86. The molecule has 0 saturated carbocycles. The van der Waals surface area contributed by atoms with E-state index in [1.165, 1.54) is 12.5 Å². The van der Waals surface area contributed by atoms with Gasteiger partial charge in [-0.15, -0.1) is 10.2 Å². The Bertz CT molecular complexity index is 736. The van der Waals surface area contributed by atoms with Gasteiger partial charge in [0.05, 0.1) is 12.8 Å². The molecule has 1 heterocycles. The van der Waals surface area contributed by atoms with Crippen LogP contribution in [0.25, 0.3) is 10.8 Å². The number of aliphatic hydroxyl groups is 1. The van der Waals surface area contributed by atoms with Crippen molar-refractivity contribution in [3.05, 3.63) is 65.9 Å². The topological polar surface area (TPSA) is 55.2 Å². The van der Waals surface area contributed by atoms with Crippen LogP contribution < -0.4 is 4.74 Å². The normalized spacial score (nSPS) is 12.3. The third-order valence-electron chi connectivity index (χ3n) is 3.50. The number of hydrogen-bond acceptors (Lipinski definition) is 4. The van der Waals surface area contributed by atoms with Crippen LogP contribution in [0.2, 0.25) is 0 Å². The predicted molar refractivity (Wildman–Crippen MR) is 81.2 cm³/mol. The highest BCUT2D eigenvalue weighted by Crippen LogP contribution is 2.24. The molecule has 0 aliphatic rings. The molecule has 3 aromatic rings. The molecule has 106 valence electrons. The maximum atomic E-state index is 10.4. The number of aliphatic hydroxyl groups excluding tert-OH is 1. The van der Waals surface area contributed by atoms with Crippen LogP contribution in [-0.4, -0.2) is 22.4 Å². The van der Waals surface area contributed by atoms with Crippen LogP contribution in [0, 0.1) is 0 Å². The van der Waals surface area contributed by atoms with Gasteiger partial charge in [0.2, 0.25) is 5.88 Å². The third-order valence-corrected chi connectivity index (χ3v) is 3.50. The fourth-order valence-corrected chi connectivity index (χ4v) is 2.40. The van der Waals surface area contributed by atoms with E-state index < -0.39 is 6.10 Å². The van der Waals surface area contributed by atoms with Gasteiger partial charge in [0, 0.05) is 12.5 Å². The number of methoxy groups -OCH3 is 1. The first kappa shape index (κ1) is 13.5. The Morgan fingerprint density at radius 1 is 1.00 bits per heavy atom. The predicted octanol–water partition coefficient (Wildman–Crippen LogP) is 2.91. The van der Waals surface area contributed by atoms with Gasteiger partial charge in [0.1, 0.15) is 6.10 Å². The average molecular weight is 280 g/mol. The molecular formula is C17H16N2O2. The Kier molecular flexibility index (Phi) is 3.79. The van der Waals surface area contributed by atoms with Crippen molar-refractivity contribution in [2.75, 3.05) is 7.11 Å². The standard InChI is InChI=1S/C17H16N2O2/c1-21-17-10-9-15(18-19-17)16(20)11-13-7-4-6-12-5-2-3-8-14(12)13/h2-10,16,20H,11H2,1H3. The lowest BCUT2D eigenvalue weighted by atomic mass is 9.99. The molecule has 0 amide bonds. The fourth-order valence-electron chi connectivity index (χ4n) is 2.40. The maximum absolute atomic E-state index is 10.4. The lowest BCUT2D eigenvalue weighted by molar-refractivity contribution is 0.172. The Morgan fingerprint density at radius 3 is 2.57 bits per heavy atom. The van der Waals surface area contributed by atoms with Crippen LogP contribution in [0.1, 0.15) is 17.4 Å². The molecule has 0 bridgehead atoms. The van der Waals surface area contributed by atoms with E-state index in [1.54, 1.807) is 12.1 Å². The second kappa shape index (κ2) is 5.89. The molecule has 0 aliphatic carbocycles. The smallest absolute Gasteiger partial charge is 0.233 e. The van der Waals surface area contributed by atoms with Crippen LogP contribution in [0.4, 0.5) is 0 Å². The van der Waals surface area contributed by atoms with Gasteiger partial charge in [0.25, 0.3) is 0 Å².